The second-order valence-corrected chi connectivity index (χ2v) is 5.07. The number of hydrogen-bond acceptors (Lipinski definition) is 3. The van der Waals surface area contributed by atoms with Gasteiger partial charge in [-0.05, 0) is 42.9 Å². The van der Waals surface area contributed by atoms with Crippen LogP contribution >= 0.6 is 0 Å². The number of rotatable bonds is 1. The van der Waals surface area contributed by atoms with Gasteiger partial charge in [0.2, 0.25) is 0 Å². The third-order valence-electron chi connectivity index (χ3n) is 3.87. The highest BCUT2D eigenvalue weighted by atomic mass is 16.5. The van der Waals surface area contributed by atoms with Crippen LogP contribution in [-0.2, 0) is 11.3 Å². The first kappa shape index (κ1) is 11.7. The van der Waals surface area contributed by atoms with Crippen molar-refractivity contribution in [1.29, 1.82) is 0 Å². The first-order valence-corrected chi connectivity index (χ1v) is 6.40. The summed E-state index contributed by atoms with van der Waals surface area (Å²) in [6.45, 7) is 3.33. The molecule has 0 radical (unpaired) electrons. The molecule has 0 saturated carbocycles. The molecule has 1 amide bonds. The van der Waals surface area contributed by atoms with E-state index in [0.29, 0.717) is 18.2 Å². The molecule has 5 heteroatoms. The fourth-order valence-corrected chi connectivity index (χ4v) is 2.75. The molecule has 1 aromatic carbocycles. The van der Waals surface area contributed by atoms with Crippen molar-refractivity contribution in [3.63, 3.8) is 0 Å². The van der Waals surface area contributed by atoms with Crippen molar-refractivity contribution in [3.05, 3.63) is 29.3 Å². The quantitative estimate of drug-likeness (QED) is 0.734. The molecule has 18 heavy (non-hydrogen) atoms. The molecule has 94 valence electrons. The summed E-state index contributed by atoms with van der Waals surface area (Å²) >= 11 is 0. The normalized spacial score (nSPS) is 22.4. The Balaban J connectivity index is 1.89. The Morgan fingerprint density at radius 3 is 3.11 bits per heavy atom. The maximum absolute atomic E-state index is 12.4. The maximum atomic E-state index is 12.4. The topological polar surface area (TPSA) is 49.8 Å². The van der Waals surface area contributed by atoms with E-state index in [2.05, 4.69) is 6.92 Å². The van der Waals surface area contributed by atoms with Crippen LogP contribution in [0.3, 0.4) is 0 Å². The van der Waals surface area contributed by atoms with Crippen LogP contribution in [0, 0.1) is 0 Å². The minimum Gasteiger partial charge on any atom is -0.423 e. The number of carbonyl (C=O) groups excluding carboxylic acids is 1. The standard InChI is InChI=1S/C13H16BNO3/c1-9-3-2-6-15(9)13(16)10-4-5-11-8-18-14(17)12(11)7-10/h4-5,7,9,17H,2-3,6,8H2,1H3. The summed E-state index contributed by atoms with van der Waals surface area (Å²) in [7, 11) is -0.885. The summed E-state index contributed by atoms with van der Waals surface area (Å²) in [4.78, 5) is 14.3. The van der Waals surface area contributed by atoms with Gasteiger partial charge in [-0.25, -0.2) is 0 Å². The van der Waals surface area contributed by atoms with E-state index in [-0.39, 0.29) is 5.91 Å². The zero-order valence-corrected chi connectivity index (χ0v) is 10.4. The Morgan fingerprint density at radius 2 is 2.39 bits per heavy atom. The highest BCUT2D eigenvalue weighted by Gasteiger charge is 2.30. The van der Waals surface area contributed by atoms with Gasteiger partial charge < -0.3 is 14.6 Å². The smallest absolute Gasteiger partial charge is 0.423 e. The van der Waals surface area contributed by atoms with Gasteiger partial charge in [-0.3, -0.25) is 4.79 Å². The Morgan fingerprint density at radius 1 is 1.56 bits per heavy atom. The molecule has 1 unspecified atom stereocenters. The highest BCUT2D eigenvalue weighted by Crippen LogP contribution is 2.20. The van der Waals surface area contributed by atoms with E-state index in [0.717, 1.165) is 30.4 Å². The number of hydrogen-bond donors (Lipinski definition) is 1. The first-order valence-electron chi connectivity index (χ1n) is 6.40. The molecular formula is C13H16BNO3. The van der Waals surface area contributed by atoms with E-state index < -0.39 is 7.12 Å². The molecule has 1 fully saturated rings. The Kier molecular flexibility index (Phi) is 2.88. The highest BCUT2D eigenvalue weighted by molar-refractivity contribution is 6.61. The van der Waals surface area contributed by atoms with Crippen LogP contribution in [-0.4, -0.2) is 35.5 Å². The average Bonchev–Trinajstić information content (AvgIpc) is 2.95. The SMILES string of the molecule is CC1CCCN1C(=O)c1ccc2c(c1)B(O)OC2. The lowest BCUT2D eigenvalue weighted by Gasteiger charge is -2.21. The van der Waals surface area contributed by atoms with Crippen molar-refractivity contribution in [3.8, 4) is 0 Å². The van der Waals surface area contributed by atoms with Crippen molar-refractivity contribution in [2.24, 2.45) is 0 Å². The molecule has 0 bridgehead atoms. The molecule has 2 aliphatic heterocycles. The van der Waals surface area contributed by atoms with Crippen molar-refractivity contribution < 1.29 is 14.5 Å². The maximum Gasteiger partial charge on any atom is 0.491 e. The van der Waals surface area contributed by atoms with Gasteiger partial charge in [-0.2, -0.15) is 0 Å². The lowest BCUT2D eigenvalue weighted by atomic mass is 9.78. The summed E-state index contributed by atoms with van der Waals surface area (Å²) in [6, 6.07) is 5.78. The molecular weight excluding hydrogens is 229 g/mol. The van der Waals surface area contributed by atoms with Crippen molar-refractivity contribution in [2.45, 2.75) is 32.4 Å². The van der Waals surface area contributed by atoms with Gasteiger partial charge in [0.15, 0.2) is 0 Å². The van der Waals surface area contributed by atoms with Gasteiger partial charge in [0.1, 0.15) is 0 Å². The summed E-state index contributed by atoms with van der Waals surface area (Å²) < 4.78 is 5.14. The number of likely N-dealkylation sites (tertiary alicyclic amines) is 1. The monoisotopic (exact) mass is 245 g/mol. The van der Waals surface area contributed by atoms with Gasteiger partial charge in [-0.1, -0.05) is 6.07 Å². The molecule has 2 heterocycles. The molecule has 3 rings (SSSR count). The Labute approximate surface area is 107 Å². The predicted octanol–water partition coefficient (Wildman–Crippen LogP) is 0.529. The molecule has 0 aliphatic carbocycles. The minimum absolute atomic E-state index is 0.0573. The second kappa shape index (κ2) is 4.41. The van der Waals surface area contributed by atoms with Crippen LogP contribution in [0.25, 0.3) is 0 Å². The molecule has 1 atom stereocenters. The van der Waals surface area contributed by atoms with Crippen molar-refractivity contribution >= 4 is 18.5 Å². The van der Waals surface area contributed by atoms with Gasteiger partial charge in [0.05, 0.1) is 6.61 Å². The zero-order valence-electron chi connectivity index (χ0n) is 10.4. The van der Waals surface area contributed by atoms with Gasteiger partial charge in [0, 0.05) is 18.2 Å². The number of carbonyl (C=O) groups is 1. The van der Waals surface area contributed by atoms with Gasteiger partial charge >= 0.3 is 7.12 Å². The number of fused-ring (bicyclic) bond motifs is 1. The second-order valence-electron chi connectivity index (χ2n) is 5.07. The average molecular weight is 245 g/mol. The Hall–Kier alpha value is -1.33. The first-order chi connectivity index (χ1) is 8.66. The van der Waals surface area contributed by atoms with Gasteiger partial charge in [0.25, 0.3) is 5.91 Å². The van der Waals surface area contributed by atoms with Crippen LogP contribution in [0.4, 0.5) is 0 Å². The molecule has 1 aromatic rings. The summed E-state index contributed by atoms with van der Waals surface area (Å²) in [5.74, 6) is 0.0573. The van der Waals surface area contributed by atoms with E-state index in [1.54, 1.807) is 6.07 Å². The van der Waals surface area contributed by atoms with Crippen LogP contribution in [0.15, 0.2) is 18.2 Å². The third-order valence-corrected chi connectivity index (χ3v) is 3.87. The summed E-state index contributed by atoms with van der Waals surface area (Å²) in [6.07, 6.45) is 2.14. The van der Waals surface area contributed by atoms with Crippen molar-refractivity contribution in [1.82, 2.24) is 4.90 Å². The van der Waals surface area contributed by atoms with E-state index in [1.807, 2.05) is 17.0 Å². The summed E-state index contributed by atoms with van der Waals surface area (Å²) in [5, 5.41) is 9.66. The molecule has 0 aromatic heterocycles. The minimum atomic E-state index is -0.885. The Bertz CT molecular complexity index is 491. The van der Waals surface area contributed by atoms with E-state index in [4.69, 9.17) is 4.65 Å². The van der Waals surface area contributed by atoms with E-state index >= 15 is 0 Å². The number of nitrogens with zero attached hydrogens (tertiary/aromatic N) is 1. The van der Waals surface area contributed by atoms with Crippen molar-refractivity contribution in [2.75, 3.05) is 6.54 Å². The van der Waals surface area contributed by atoms with E-state index in [9.17, 15) is 9.82 Å². The summed E-state index contributed by atoms with van der Waals surface area (Å²) in [5.41, 5.74) is 2.34. The lowest BCUT2D eigenvalue weighted by Crippen LogP contribution is -2.35. The predicted molar refractivity (Wildman–Crippen MR) is 68.6 cm³/mol. The third kappa shape index (κ3) is 1.83. The lowest BCUT2D eigenvalue weighted by molar-refractivity contribution is 0.0747. The number of benzene rings is 1. The molecule has 2 aliphatic rings. The van der Waals surface area contributed by atoms with Crippen LogP contribution in [0.1, 0.15) is 35.7 Å². The largest absolute Gasteiger partial charge is 0.491 e. The fourth-order valence-electron chi connectivity index (χ4n) is 2.75. The fraction of sp³-hybridized carbons (Fsp3) is 0.462. The number of amides is 1. The van der Waals surface area contributed by atoms with E-state index in [1.165, 1.54) is 0 Å². The van der Waals surface area contributed by atoms with Crippen LogP contribution in [0.2, 0.25) is 0 Å². The zero-order chi connectivity index (χ0) is 12.7. The van der Waals surface area contributed by atoms with Gasteiger partial charge in [-0.15, -0.1) is 0 Å². The van der Waals surface area contributed by atoms with Crippen LogP contribution in [0.5, 0.6) is 0 Å². The van der Waals surface area contributed by atoms with Crippen LogP contribution < -0.4 is 5.46 Å². The molecule has 1 saturated heterocycles. The molecule has 4 nitrogen and oxygen atoms in total. The molecule has 1 N–H and O–H groups in total. The molecule has 0 spiro atoms.